The predicted molar refractivity (Wildman–Crippen MR) is 104 cm³/mol. The first-order chi connectivity index (χ1) is 13.0. The molecule has 0 N–H and O–H groups in total. The number of nitrogens with zero attached hydrogens (tertiary/aromatic N) is 1. The summed E-state index contributed by atoms with van der Waals surface area (Å²) in [5, 5.41) is 0.866. The molecule has 0 bridgehead atoms. The molecule has 1 aromatic heterocycles. The number of aryl methyl sites for hydroxylation is 1. The monoisotopic (exact) mass is 389 g/mol. The summed E-state index contributed by atoms with van der Waals surface area (Å²) >= 11 is 1.49. The minimum Gasteiger partial charge on any atom is -0.494 e. The van der Waals surface area contributed by atoms with Crippen LogP contribution in [0.1, 0.15) is 5.01 Å². The SMILES string of the molecule is COc1ccc(-c2sc(C)nc2-c2cc(OC)c(OC)c(OC)c2)cc1F. The molecule has 0 saturated heterocycles. The number of hydrogen-bond donors (Lipinski definition) is 0. The smallest absolute Gasteiger partial charge is 0.203 e. The number of thiazole rings is 1. The molecule has 142 valence electrons. The van der Waals surface area contributed by atoms with Gasteiger partial charge in [0.15, 0.2) is 23.1 Å². The number of ether oxygens (including phenoxy) is 4. The lowest BCUT2D eigenvalue weighted by atomic mass is 10.1. The third kappa shape index (κ3) is 3.55. The second-order valence-corrected chi connectivity index (χ2v) is 6.88. The maximum Gasteiger partial charge on any atom is 0.203 e. The molecular weight excluding hydrogens is 369 g/mol. The molecule has 3 aromatic rings. The molecule has 27 heavy (non-hydrogen) atoms. The molecule has 7 heteroatoms. The summed E-state index contributed by atoms with van der Waals surface area (Å²) in [5.41, 5.74) is 2.24. The van der Waals surface area contributed by atoms with Gasteiger partial charge in [0, 0.05) is 5.56 Å². The molecule has 0 fully saturated rings. The quantitative estimate of drug-likeness (QED) is 0.596. The number of methoxy groups -OCH3 is 4. The lowest BCUT2D eigenvalue weighted by molar-refractivity contribution is 0.324. The van der Waals surface area contributed by atoms with Gasteiger partial charge in [-0.1, -0.05) is 0 Å². The van der Waals surface area contributed by atoms with Crippen molar-refractivity contribution in [2.45, 2.75) is 6.92 Å². The molecule has 0 saturated carbocycles. The molecular formula is C20H20FNO4S. The minimum absolute atomic E-state index is 0.203. The third-order valence-corrected chi connectivity index (χ3v) is 5.11. The van der Waals surface area contributed by atoms with E-state index in [1.807, 2.05) is 25.1 Å². The van der Waals surface area contributed by atoms with E-state index in [1.54, 1.807) is 27.4 Å². The zero-order valence-corrected chi connectivity index (χ0v) is 16.6. The van der Waals surface area contributed by atoms with Crippen molar-refractivity contribution in [1.82, 2.24) is 4.98 Å². The molecule has 0 amide bonds. The second kappa shape index (κ2) is 7.84. The van der Waals surface area contributed by atoms with Crippen LogP contribution in [0.2, 0.25) is 0 Å². The highest BCUT2D eigenvalue weighted by Gasteiger charge is 2.20. The molecule has 0 radical (unpaired) electrons. The van der Waals surface area contributed by atoms with Gasteiger partial charge in [-0.3, -0.25) is 0 Å². The Hall–Kier alpha value is -2.80. The minimum atomic E-state index is -0.420. The summed E-state index contributed by atoms with van der Waals surface area (Å²) in [5.74, 6) is 1.35. The Morgan fingerprint density at radius 3 is 1.96 bits per heavy atom. The first-order valence-corrected chi connectivity index (χ1v) is 8.95. The highest BCUT2D eigenvalue weighted by Crippen LogP contribution is 2.44. The van der Waals surface area contributed by atoms with E-state index in [2.05, 4.69) is 4.98 Å². The van der Waals surface area contributed by atoms with Crippen molar-refractivity contribution in [3.63, 3.8) is 0 Å². The van der Waals surface area contributed by atoms with Crippen LogP contribution in [0.15, 0.2) is 30.3 Å². The summed E-state index contributed by atoms with van der Waals surface area (Å²) < 4.78 is 35.5. The average molecular weight is 389 g/mol. The lowest BCUT2D eigenvalue weighted by Crippen LogP contribution is -1.96. The van der Waals surface area contributed by atoms with Crippen molar-refractivity contribution in [3.8, 4) is 44.7 Å². The van der Waals surface area contributed by atoms with Gasteiger partial charge in [0.1, 0.15) is 0 Å². The van der Waals surface area contributed by atoms with Crippen LogP contribution in [0.5, 0.6) is 23.0 Å². The highest BCUT2D eigenvalue weighted by atomic mass is 32.1. The molecule has 0 aliphatic rings. The van der Waals surface area contributed by atoms with Gasteiger partial charge in [-0.2, -0.15) is 0 Å². The van der Waals surface area contributed by atoms with Crippen molar-refractivity contribution >= 4 is 11.3 Å². The van der Waals surface area contributed by atoms with Gasteiger partial charge in [-0.25, -0.2) is 9.37 Å². The standard InChI is InChI=1S/C20H20FNO4S/c1-11-22-18(13-9-16(24-3)19(26-5)17(10-13)25-4)20(27-11)12-6-7-15(23-2)14(21)8-12/h6-10H,1-5H3. The zero-order chi connectivity index (χ0) is 19.6. The lowest BCUT2D eigenvalue weighted by Gasteiger charge is -2.14. The van der Waals surface area contributed by atoms with E-state index in [4.69, 9.17) is 18.9 Å². The Balaban J connectivity index is 2.18. The summed E-state index contributed by atoms with van der Waals surface area (Å²) in [6, 6.07) is 8.54. The van der Waals surface area contributed by atoms with Gasteiger partial charge >= 0.3 is 0 Å². The van der Waals surface area contributed by atoms with Crippen molar-refractivity contribution in [2.75, 3.05) is 28.4 Å². The maximum absolute atomic E-state index is 14.2. The van der Waals surface area contributed by atoms with Gasteiger partial charge in [-0.15, -0.1) is 11.3 Å². The van der Waals surface area contributed by atoms with Crippen LogP contribution in [0.25, 0.3) is 21.7 Å². The molecule has 1 heterocycles. The van der Waals surface area contributed by atoms with E-state index in [0.717, 1.165) is 26.7 Å². The molecule has 0 spiro atoms. The Labute approximate surface area is 161 Å². The fraction of sp³-hybridized carbons (Fsp3) is 0.250. The van der Waals surface area contributed by atoms with Crippen LogP contribution in [0, 0.1) is 12.7 Å². The Bertz CT molecular complexity index is 946. The zero-order valence-electron chi connectivity index (χ0n) is 15.8. The molecule has 0 aliphatic heterocycles. The van der Waals surface area contributed by atoms with Crippen LogP contribution >= 0.6 is 11.3 Å². The van der Waals surface area contributed by atoms with Gasteiger partial charge in [0.05, 0.1) is 44.0 Å². The van der Waals surface area contributed by atoms with Crippen LogP contribution in [-0.2, 0) is 0 Å². The van der Waals surface area contributed by atoms with Crippen LogP contribution in [0.3, 0.4) is 0 Å². The second-order valence-electron chi connectivity index (χ2n) is 5.67. The Morgan fingerprint density at radius 2 is 1.44 bits per heavy atom. The van der Waals surface area contributed by atoms with Gasteiger partial charge in [-0.05, 0) is 42.8 Å². The van der Waals surface area contributed by atoms with Crippen LogP contribution in [0.4, 0.5) is 4.39 Å². The topological polar surface area (TPSA) is 49.8 Å². The molecule has 3 rings (SSSR count). The number of halogens is 1. The Morgan fingerprint density at radius 1 is 0.815 bits per heavy atom. The van der Waals surface area contributed by atoms with Gasteiger partial charge < -0.3 is 18.9 Å². The van der Waals surface area contributed by atoms with E-state index >= 15 is 0 Å². The van der Waals surface area contributed by atoms with Crippen molar-refractivity contribution in [1.29, 1.82) is 0 Å². The van der Waals surface area contributed by atoms with Gasteiger partial charge in [0.2, 0.25) is 5.75 Å². The highest BCUT2D eigenvalue weighted by molar-refractivity contribution is 7.15. The summed E-state index contributed by atoms with van der Waals surface area (Å²) in [6.45, 7) is 1.91. The third-order valence-electron chi connectivity index (χ3n) is 4.09. The van der Waals surface area contributed by atoms with Crippen molar-refractivity contribution < 1.29 is 23.3 Å². The normalized spacial score (nSPS) is 10.6. The first kappa shape index (κ1) is 19.0. The molecule has 0 aliphatic carbocycles. The summed E-state index contributed by atoms with van der Waals surface area (Å²) in [7, 11) is 6.12. The molecule has 5 nitrogen and oxygen atoms in total. The predicted octanol–water partition coefficient (Wildman–Crippen LogP) is 4.96. The van der Waals surface area contributed by atoms with Crippen LogP contribution < -0.4 is 18.9 Å². The van der Waals surface area contributed by atoms with Gasteiger partial charge in [0.25, 0.3) is 0 Å². The van der Waals surface area contributed by atoms with Crippen LogP contribution in [-0.4, -0.2) is 33.4 Å². The van der Waals surface area contributed by atoms with E-state index in [0.29, 0.717) is 17.2 Å². The van der Waals surface area contributed by atoms with Crippen molar-refractivity contribution in [3.05, 3.63) is 41.2 Å². The number of aromatic nitrogens is 1. The molecule has 0 unspecified atom stereocenters. The largest absolute Gasteiger partial charge is 0.494 e. The summed E-state index contributed by atoms with van der Waals surface area (Å²) in [6.07, 6.45) is 0. The molecule has 0 atom stereocenters. The average Bonchev–Trinajstić information content (AvgIpc) is 3.08. The molecule has 2 aromatic carbocycles. The van der Waals surface area contributed by atoms with E-state index < -0.39 is 5.82 Å². The first-order valence-electron chi connectivity index (χ1n) is 8.14. The van der Waals surface area contributed by atoms with Crippen molar-refractivity contribution in [2.24, 2.45) is 0 Å². The Kier molecular flexibility index (Phi) is 5.51. The van der Waals surface area contributed by atoms with E-state index in [9.17, 15) is 4.39 Å². The number of benzene rings is 2. The number of hydrogen-bond acceptors (Lipinski definition) is 6. The maximum atomic E-state index is 14.2. The summed E-state index contributed by atoms with van der Waals surface area (Å²) in [4.78, 5) is 5.50. The van der Waals surface area contributed by atoms with E-state index in [-0.39, 0.29) is 5.75 Å². The fourth-order valence-corrected chi connectivity index (χ4v) is 3.78. The van der Waals surface area contributed by atoms with E-state index in [1.165, 1.54) is 24.5 Å². The fourth-order valence-electron chi connectivity index (χ4n) is 2.84. The number of rotatable bonds is 6.